The molecular weight excluding hydrogens is 368 g/mol. The molecule has 5 aliphatic rings. The van der Waals surface area contributed by atoms with Crippen molar-refractivity contribution in [2.75, 3.05) is 7.11 Å². The molecule has 0 saturated heterocycles. The molecule has 5 aliphatic carbocycles. The first kappa shape index (κ1) is 19.0. The fraction of sp³-hybridized carbons (Fsp3) is 0.625. The molecule has 5 heteroatoms. The SMILES string of the molecule is COC(=O)[C@H]1C2=C(CCC34C(=O)CC[C@]3(C)CC=C24)C2(C)CCC(=O)C=C2[C@@H]1O. The summed E-state index contributed by atoms with van der Waals surface area (Å²) in [5, 5.41) is 11.3. The van der Waals surface area contributed by atoms with Crippen LogP contribution in [0.4, 0.5) is 0 Å². The van der Waals surface area contributed by atoms with Crippen molar-refractivity contribution in [1.29, 1.82) is 0 Å². The molecule has 1 spiro atoms. The average Bonchev–Trinajstić information content (AvgIpc) is 3.13. The Morgan fingerprint density at radius 1 is 1.14 bits per heavy atom. The number of hydrogen-bond acceptors (Lipinski definition) is 5. The summed E-state index contributed by atoms with van der Waals surface area (Å²) in [4.78, 5) is 38.3. The van der Waals surface area contributed by atoms with Crippen LogP contribution >= 0.6 is 0 Å². The number of esters is 1. The third-order valence-electron chi connectivity index (χ3n) is 8.88. The van der Waals surface area contributed by atoms with Crippen molar-refractivity contribution in [3.63, 3.8) is 0 Å². The average molecular weight is 396 g/mol. The van der Waals surface area contributed by atoms with E-state index in [1.165, 1.54) is 7.11 Å². The first-order chi connectivity index (χ1) is 13.7. The zero-order valence-electron chi connectivity index (χ0n) is 17.3. The van der Waals surface area contributed by atoms with E-state index >= 15 is 0 Å². The molecule has 0 aromatic rings. The van der Waals surface area contributed by atoms with Crippen LogP contribution in [0.3, 0.4) is 0 Å². The molecule has 1 N–H and O–H groups in total. The highest BCUT2D eigenvalue weighted by Gasteiger charge is 2.66. The molecular formula is C24H28O5. The molecule has 5 atom stereocenters. The predicted molar refractivity (Wildman–Crippen MR) is 106 cm³/mol. The smallest absolute Gasteiger partial charge is 0.316 e. The summed E-state index contributed by atoms with van der Waals surface area (Å²) in [5.74, 6) is -1.10. The van der Waals surface area contributed by atoms with E-state index in [0.29, 0.717) is 24.8 Å². The molecule has 1 fully saturated rings. The molecule has 2 unspecified atom stereocenters. The number of ether oxygens (including phenoxy) is 1. The number of allylic oxidation sites excluding steroid dienone is 4. The van der Waals surface area contributed by atoms with Crippen molar-refractivity contribution in [3.8, 4) is 0 Å². The molecule has 0 bridgehead atoms. The molecule has 1 saturated carbocycles. The first-order valence-corrected chi connectivity index (χ1v) is 10.7. The van der Waals surface area contributed by atoms with Crippen LogP contribution in [0.15, 0.2) is 34.4 Å². The summed E-state index contributed by atoms with van der Waals surface area (Å²) >= 11 is 0. The number of aliphatic hydroxyl groups excluding tert-OH is 1. The van der Waals surface area contributed by atoms with Crippen molar-refractivity contribution >= 4 is 17.5 Å². The second-order valence-electron chi connectivity index (χ2n) is 9.95. The van der Waals surface area contributed by atoms with Crippen LogP contribution in [-0.2, 0) is 19.1 Å². The van der Waals surface area contributed by atoms with Gasteiger partial charge in [0, 0.05) is 18.3 Å². The Morgan fingerprint density at radius 3 is 2.62 bits per heavy atom. The highest BCUT2D eigenvalue weighted by Crippen LogP contribution is 2.70. The number of Topliss-reactive ketones (excluding diaryl/α,β-unsaturated/α-hetero) is 1. The highest BCUT2D eigenvalue weighted by atomic mass is 16.5. The van der Waals surface area contributed by atoms with Gasteiger partial charge in [0.1, 0.15) is 11.7 Å². The molecule has 154 valence electrons. The Morgan fingerprint density at radius 2 is 1.90 bits per heavy atom. The normalized spacial score (nSPS) is 43.2. The standard InChI is InChI=1S/C24H28O5/c1-22-8-5-15-18-14(6-11-24(15,22)17(26)7-9-22)23(2)10-4-13(25)12-16(23)20(27)19(18)21(28)29-3/h5,12,19-20,27H,4,6-11H2,1-3H3/t19-,20-,22-,23?,24?/m0/s1. The Bertz CT molecular complexity index is 952. The topological polar surface area (TPSA) is 80.7 Å². The van der Waals surface area contributed by atoms with Gasteiger partial charge < -0.3 is 9.84 Å². The van der Waals surface area contributed by atoms with Crippen LogP contribution in [0.25, 0.3) is 0 Å². The van der Waals surface area contributed by atoms with Gasteiger partial charge in [0.15, 0.2) is 5.78 Å². The van der Waals surface area contributed by atoms with Crippen LogP contribution in [0.2, 0.25) is 0 Å². The van der Waals surface area contributed by atoms with E-state index in [-0.39, 0.29) is 17.0 Å². The van der Waals surface area contributed by atoms with E-state index in [1.54, 1.807) is 6.08 Å². The minimum Gasteiger partial charge on any atom is -0.468 e. The lowest BCUT2D eigenvalue weighted by molar-refractivity contribution is -0.148. The number of rotatable bonds is 1. The van der Waals surface area contributed by atoms with Crippen molar-refractivity contribution in [2.24, 2.45) is 22.2 Å². The molecule has 5 rings (SSSR count). The largest absolute Gasteiger partial charge is 0.468 e. The van der Waals surface area contributed by atoms with E-state index in [0.717, 1.165) is 42.4 Å². The van der Waals surface area contributed by atoms with Gasteiger partial charge in [-0.15, -0.1) is 0 Å². The Hall–Kier alpha value is -2.01. The summed E-state index contributed by atoms with van der Waals surface area (Å²) in [6.07, 6.45) is 7.42. The molecule has 0 aromatic carbocycles. The zero-order chi connectivity index (χ0) is 20.8. The van der Waals surface area contributed by atoms with Gasteiger partial charge in [-0.1, -0.05) is 25.5 Å². The summed E-state index contributed by atoms with van der Waals surface area (Å²) in [6.45, 7) is 4.28. The highest BCUT2D eigenvalue weighted by molar-refractivity contribution is 5.96. The van der Waals surface area contributed by atoms with Crippen LogP contribution in [-0.4, -0.2) is 35.9 Å². The van der Waals surface area contributed by atoms with Crippen LogP contribution in [0.1, 0.15) is 58.8 Å². The third kappa shape index (κ3) is 2.07. The Labute approximate surface area is 170 Å². The summed E-state index contributed by atoms with van der Waals surface area (Å²) in [6, 6.07) is 0. The maximum absolute atomic E-state index is 13.2. The molecule has 0 radical (unpaired) electrons. The monoisotopic (exact) mass is 396 g/mol. The van der Waals surface area contributed by atoms with Gasteiger partial charge >= 0.3 is 5.97 Å². The van der Waals surface area contributed by atoms with Gasteiger partial charge in [-0.05, 0) is 60.3 Å². The lowest BCUT2D eigenvalue weighted by Crippen LogP contribution is -2.51. The van der Waals surface area contributed by atoms with E-state index in [4.69, 9.17) is 4.74 Å². The van der Waals surface area contributed by atoms with Gasteiger partial charge in [-0.25, -0.2) is 0 Å². The zero-order valence-corrected chi connectivity index (χ0v) is 17.3. The van der Waals surface area contributed by atoms with Crippen LogP contribution in [0, 0.1) is 22.2 Å². The maximum Gasteiger partial charge on any atom is 0.316 e. The van der Waals surface area contributed by atoms with E-state index in [2.05, 4.69) is 19.9 Å². The van der Waals surface area contributed by atoms with Crippen molar-refractivity contribution in [1.82, 2.24) is 0 Å². The molecule has 0 aliphatic heterocycles. The lowest BCUT2D eigenvalue weighted by Gasteiger charge is -2.53. The second kappa shape index (κ2) is 5.78. The predicted octanol–water partition coefficient (Wildman–Crippen LogP) is 3.22. The summed E-state index contributed by atoms with van der Waals surface area (Å²) in [7, 11) is 1.33. The number of methoxy groups -OCH3 is 1. The van der Waals surface area contributed by atoms with Crippen molar-refractivity contribution < 1.29 is 24.2 Å². The van der Waals surface area contributed by atoms with Crippen molar-refractivity contribution in [2.45, 2.75) is 64.9 Å². The summed E-state index contributed by atoms with van der Waals surface area (Å²) < 4.78 is 5.10. The maximum atomic E-state index is 13.2. The molecule has 29 heavy (non-hydrogen) atoms. The number of hydrogen-bond donors (Lipinski definition) is 1. The molecule has 5 nitrogen and oxygen atoms in total. The Kier molecular flexibility index (Phi) is 3.78. The molecule has 0 amide bonds. The van der Waals surface area contributed by atoms with E-state index in [9.17, 15) is 19.5 Å². The van der Waals surface area contributed by atoms with E-state index < -0.39 is 28.8 Å². The number of aliphatic hydroxyl groups is 1. The molecule has 0 aromatic heterocycles. The Balaban J connectivity index is 1.78. The number of carbonyl (C=O) groups excluding carboxylic acids is 3. The van der Waals surface area contributed by atoms with E-state index in [1.807, 2.05) is 0 Å². The first-order valence-electron chi connectivity index (χ1n) is 10.7. The molecule has 0 heterocycles. The van der Waals surface area contributed by atoms with Gasteiger partial charge in [-0.3, -0.25) is 14.4 Å². The fourth-order valence-electron chi connectivity index (χ4n) is 7.23. The lowest BCUT2D eigenvalue weighted by atomic mass is 9.50. The van der Waals surface area contributed by atoms with Crippen LogP contribution in [0.5, 0.6) is 0 Å². The minimum absolute atomic E-state index is 0.00454. The minimum atomic E-state index is -1.10. The van der Waals surface area contributed by atoms with Gasteiger partial charge in [0.25, 0.3) is 0 Å². The summed E-state index contributed by atoms with van der Waals surface area (Å²) in [5.41, 5.74) is 2.47. The number of ketones is 2. The number of fused-ring (bicyclic) bond motifs is 3. The second-order valence-corrected chi connectivity index (χ2v) is 9.95. The van der Waals surface area contributed by atoms with Gasteiger partial charge in [0.05, 0.1) is 18.6 Å². The quantitative estimate of drug-likeness (QED) is 0.689. The number of carbonyl (C=O) groups is 3. The van der Waals surface area contributed by atoms with Crippen LogP contribution < -0.4 is 0 Å². The fourth-order valence-corrected chi connectivity index (χ4v) is 7.23. The third-order valence-corrected chi connectivity index (χ3v) is 8.88. The van der Waals surface area contributed by atoms with Gasteiger partial charge in [0.2, 0.25) is 0 Å². The van der Waals surface area contributed by atoms with Gasteiger partial charge in [-0.2, -0.15) is 0 Å². The van der Waals surface area contributed by atoms with Crippen molar-refractivity contribution in [3.05, 3.63) is 34.4 Å².